The van der Waals surface area contributed by atoms with E-state index in [1.165, 1.54) is 6.07 Å². The third-order valence-electron chi connectivity index (χ3n) is 6.70. The van der Waals surface area contributed by atoms with Crippen LogP contribution in [0, 0.1) is 11.7 Å². The Balaban J connectivity index is 1.75. The van der Waals surface area contributed by atoms with E-state index in [1.54, 1.807) is 23.1 Å². The summed E-state index contributed by atoms with van der Waals surface area (Å²) in [7, 11) is 0. The molecule has 3 aromatic rings. The average molecular weight is 450 g/mol. The second-order valence-corrected chi connectivity index (χ2v) is 9.02. The first-order chi connectivity index (χ1) is 16.0. The van der Waals surface area contributed by atoms with Crippen LogP contribution in [0.5, 0.6) is 0 Å². The topological polar surface area (TPSA) is 49.6 Å². The number of carbonyl (C=O) groups excluding carboxylic acids is 1. The molecule has 1 amide bonds. The summed E-state index contributed by atoms with van der Waals surface area (Å²) in [5.41, 5.74) is 2.64. The van der Waals surface area contributed by atoms with Crippen molar-refractivity contribution in [1.82, 2.24) is 10.1 Å². The molecule has 1 fully saturated rings. The van der Waals surface area contributed by atoms with E-state index in [4.69, 9.17) is 4.52 Å². The molecule has 6 heteroatoms. The highest BCUT2D eigenvalue weighted by Crippen LogP contribution is 2.35. The molecular weight excluding hydrogens is 417 g/mol. The average Bonchev–Trinajstić information content (AvgIpc) is 3.26. The lowest BCUT2D eigenvalue weighted by atomic mass is 9.98. The van der Waals surface area contributed by atoms with Gasteiger partial charge in [-0.05, 0) is 44.2 Å². The lowest BCUT2D eigenvalue weighted by molar-refractivity contribution is 0.0667. The Bertz CT molecular complexity index is 1070. The summed E-state index contributed by atoms with van der Waals surface area (Å²) >= 11 is 0. The fraction of sp³-hybridized carbons (Fsp3) is 0.407. The predicted molar refractivity (Wildman–Crippen MR) is 129 cm³/mol. The highest BCUT2D eigenvalue weighted by Gasteiger charge is 2.30. The smallest absolute Gasteiger partial charge is 0.257 e. The van der Waals surface area contributed by atoms with Gasteiger partial charge in [0.2, 0.25) is 5.88 Å². The number of aromatic nitrogens is 1. The zero-order valence-corrected chi connectivity index (χ0v) is 19.6. The highest BCUT2D eigenvalue weighted by molar-refractivity contribution is 5.94. The van der Waals surface area contributed by atoms with Crippen LogP contribution in [0.4, 0.5) is 10.3 Å². The van der Waals surface area contributed by atoms with Crippen LogP contribution in [0.1, 0.15) is 56.0 Å². The van der Waals surface area contributed by atoms with Crippen molar-refractivity contribution in [2.24, 2.45) is 5.92 Å². The van der Waals surface area contributed by atoms with Gasteiger partial charge < -0.3 is 14.3 Å². The molecule has 0 saturated carbocycles. The van der Waals surface area contributed by atoms with E-state index in [0.29, 0.717) is 12.5 Å². The molecule has 1 saturated heterocycles. The number of halogens is 1. The van der Waals surface area contributed by atoms with Gasteiger partial charge in [-0.25, -0.2) is 4.39 Å². The number of nitrogens with zero attached hydrogens (tertiary/aromatic N) is 3. The summed E-state index contributed by atoms with van der Waals surface area (Å²) in [6.07, 6.45) is 2.93. The van der Waals surface area contributed by atoms with Crippen molar-refractivity contribution >= 4 is 11.8 Å². The molecule has 0 bridgehead atoms. The molecular formula is C27H32FN3O2. The molecule has 5 nitrogen and oxygen atoms in total. The number of piperidine rings is 1. The molecule has 0 radical (unpaired) electrons. The number of amides is 1. The molecule has 1 aromatic heterocycles. The monoisotopic (exact) mass is 449 g/mol. The SMILES string of the molecule is CCC(C)N(Cc1c(-c2ccccc2)noc1N1CCC(C)CC1)C(=O)c1ccccc1F. The largest absolute Gasteiger partial charge is 0.340 e. The molecule has 1 aliphatic rings. The van der Waals surface area contributed by atoms with Crippen LogP contribution in [0.3, 0.4) is 0 Å². The first-order valence-electron chi connectivity index (χ1n) is 11.8. The molecule has 1 aliphatic heterocycles. The Morgan fingerprint density at radius 1 is 1.15 bits per heavy atom. The zero-order chi connectivity index (χ0) is 23.4. The molecule has 174 valence electrons. The Hall–Kier alpha value is -3.15. The van der Waals surface area contributed by atoms with Crippen LogP contribution in [0.2, 0.25) is 0 Å². The molecule has 1 atom stereocenters. The second kappa shape index (κ2) is 10.2. The Labute approximate surface area is 195 Å². The van der Waals surface area contributed by atoms with Gasteiger partial charge in [0.05, 0.1) is 17.7 Å². The van der Waals surface area contributed by atoms with Crippen LogP contribution in [0.25, 0.3) is 11.3 Å². The normalized spacial score (nSPS) is 15.5. The summed E-state index contributed by atoms with van der Waals surface area (Å²) in [5.74, 6) is 0.575. The van der Waals surface area contributed by atoms with E-state index in [-0.39, 0.29) is 17.5 Å². The van der Waals surface area contributed by atoms with E-state index >= 15 is 0 Å². The van der Waals surface area contributed by atoms with Crippen LogP contribution >= 0.6 is 0 Å². The minimum Gasteiger partial charge on any atom is -0.340 e. The van der Waals surface area contributed by atoms with Crippen molar-refractivity contribution in [2.45, 2.75) is 52.6 Å². The molecule has 2 aromatic carbocycles. The van der Waals surface area contributed by atoms with Crippen molar-refractivity contribution in [2.75, 3.05) is 18.0 Å². The first-order valence-corrected chi connectivity index (χ1v) is 11.8. The van der Waals surface area contributed by atoms with E-state index in [0.717, 1.165) is 55.1 Å². The van der Waals surface area contributed by atoms with Crippen LogP contribution < -0.4 is 4.90 Å². The maximum absolute atomic E-state index is 14.5. The highest BCUT2D eigenvalue weighted by atomic mass is 19.1. The maximum atomic E-state index is 14.5. The van der Waals surface area contributed by atoms with E-state index < -0.39 is 5.82 Å². The summed E-state index contributed by atoms with van der Waals surface area (Å²) in [5, 5.41) is 4.44. The number of hydrogen-bond acceptors (Lipinski definition) is 4. The third kappa shape index (κ3) is 4.95. The fourth-order valence-electron chi connectivity index (χ4n) is 4.33. The lowest BCUT2D eigenvalue weighted by Crippen LogP contribution is -2.39. The molecule has 0 aliphatic carbocycles. The molecule has 33 heavy (non-hydrogen) atoms. The summed E-state index contributed by atoms with van der Waals surface area (Å²) < 4.78 is 20.4. The number of carbonyl (C=O) groups is 1. The quantitative estimate of drug-likeness (QED) is 0.434. The van der Waals surface area contributed by atoms with Gasteiger partial charge in [-0.2, -0.15) is 0 Å². The van der Waals surface area contributed by atoms with Gasteiger partial charge >= 0.3 is 0 Å². The van der Waals surface area contributed by atoms with Crippen molar-refractivity contribution in [3.8, 4) is 11.3 Å². The number of rotatable bonds is 7. The van der Waals surface area contributed by atoms with Gasteiger partial charge in [0.25, 0.3) is 5.91 Å². The van der Waals surface area contributed by atoms with Crippen molar-refractivity contribution in [3.05, 3.63) is 71.5 Å². The second-order valence-electron chi connectivity index (χ2n) is 9.02. The minimum atomic E-state index is -0.505. The van der Waals surface area contributed by atoms with Crippen LogP contribution in [-0.4, -0.2) is 35.1 Å². The number of hydrogen-bond donors (Lipinski definition) is 0. The van der Waals surface area contributed by atoms with Gasteiger partial charge in [-0.15, -0.1) is 0 Å². The van der Waals surface area contributed by atoms with Crippen LogP contribution in [-0.2, 0) is 6.54 Å². The van der Waals surface area contributed by atoms with Crippen molar-refractivity contribution in [3.63, 3.8) is 0 Å². The van der Waals surface area contributed by atoms with Gasteiger partial charge in [-0.1, -0.05) is 61.5 Å². The summed E-state index contributed by atoms with van der Waals surface area (Å²) in [6.45, 7) is 8.38. The molecule has 0 N–H and O–H groups in total. The number of anilines is 1. The van der Waals surface area contributed by atoms with E-state index in [2.05, 4.69) is 17.0 Å². The minimum absolute atomic E-state index is 0.0788. The van der Waals surface area contributed by atoms with E-state index in [9.17, 15) is 9.18 Å². The third-order valence-corrected chi connectivity index (χ3v) is 6.70. The fourth-order valence-corrected chi connectivity index (χ4v) is 4.33. The molecule has 4 rings (SSSR count). The molecule has 1 unspecified atom stereocenters. The van der Waals surface area contributed by atoms with Crippen molar-refractivity contribution in [1.29, 1.82) is 0 Å². The van der Waals surface area contributed by atoms with Crippen LogP contribution in [0.15, 0.2) is 59.1 Å². The predicted octanol–water partition coefficient (Wildman–Crippen LogP) is 6.16. The Kier molecular flexibility index (Phi) is 7.11. The van der Waals surface area contributed by atoms with E-state index in [1.807, 2.05) is 44.2 Å². The van der Waals surface area contributed by atoms with Gasteiger partial charge in [0.15, 0.2) is 0 Å². The first kappa shape index (κ1) is 23.0. The zero-order valence-electron chi connectivity index (χ0n) is 19.6. The van der Waals surface area contributed by atoms with Gasteiger partial charge in [-0.3, -0.25) is 4.79 Å². The Morgan fingerprint density at radius 3 is 2.48 bits per heavy atom. The molecule has 2 heterocycles. The Morgan fingerprint density at radius 2 is 1.82 bits per heavy atom. The number of benzene rings is 2. The van der Waals surface area contributed by atoms with Crippen molar-refractivity contribution < 1.29 is 13.7 Å². The van der Waals surface area contributed by atoms with Gasteiger partial charge in [0.1, 0.15) is 11.5 Å². The summed E-state index contributed by atoms with van der Waals surface area (Å²) in [4.78, 5) is 17.5. The molecule has 0 spiro atoms. The standard InChI is InChI=1S/C27H32FN3O2/c1-4-20(3)31(26(32)22-12-8-9-13-24(22)28)18-23-25(21-10-6-5-7-11-21)29-33-27(23)30-16-14-19(2)15-17-30/h5-13,19-20H,4,14-18H2,1-3H3. The lowest BCUT2D eigenvalue weighted by Gasteiger charge is -2.32. The van der Waals surface area contributed by atoms with Gasteiger partial charge in [0, 0.05) is 24.7 Å². The summed E-state index contributed by atoms with van der Waals surface area (Å²) in [6, 6.07) is 16.0. The maximum Gasteiger partial charge on any atom is 0.257 e.